The largest absolute Gasteiger partial charge is 0.482 e. The number of anilines is 1. The third-order valence-corrected chi connectivity index (χ3v) is 5.58. The van der Waals surface area contributed by atoms with Gasteiger partial charge in [0.15, 0.2) is 6.61 Å². The first kappa shape index (κ1) is 18.0. The van der Waals surface area contributed by atoms with E-state index in [1.807, 2.05) is 24.3 Å². The molecule has 1 atom stereocenters. The minimum absolute atomic E-state index is 0.306. The smallest absolute Gasteiger partial charge is 0.341 e. The summed E-state index contributed by atoms with van der Waals surface area (Å²) in [6.07, 6.45) is 4.70. The summed E-state index contributed by atoms with van der Waals surface area (Å²) in [4.78, 5) is 12.9. The van der Waals surface area contributed by atoms with Gasteiger partial charge in [-0.1, -0.05) is 0 Å². The molecule has 2 aliphatic heterocycles. The van der Waals surface area contributed by atoms with E-state index >= 15 is 0 Å². The topological polar surface area (TPSA) is 87.8 Å². The van der Waals surface area contributed by atoms with Gasteiger partial charge in [0, 0.05) is 24.8 Å². The van der Waals surface area contributed by atoms with Crippen LogP contribution in [-0.2, 0) is 4.79 Å². The van der Waals surface area contributed by atoms with Crippen LogP contribution in [0.3, 0.4) is 0 Å². The number of carboxylic acid groups (broad SMARTS) is 1. The van der Waals surface area contributed by atoms with E-state index in [0.29, 0.717) is 23.6 Å². The number of carbonyl (C=O) groups is 1. The Bertz CT molecular complexity index is 550. The SMILES string of the molecule is NC(C1CCNCC1)C1CCN(c2ccc(OCC(=O)O)cc2)CC1. The lowest BCUT2D eigenvalue weighted by atomic mass is 9.79. The fourth-order valence-electron chi connectivity index (χ4n) is 4.05. The molecule has 1 aromatic rings. The maximum absolute atomic E-state index is 10.5. The highest BCUT2D eigenvalue weighted by Crippen LogP contribution is 2.30. The van der Waals surface area contributed by atoms with Crippen LogP contribution in [0.2, 0.25) is 0 Å². The molecule has 0 aromatic heterocycles. The van der Waals surface area contributed by atoms with Crippen molar-refractivity contribution < 1.29 is 14.6 Å². The summed E-state index contributed by atoms with van der Waals surface area (Å²) in [6, 6.07) is 8.01. The van der Waals surface area contributed by atoms with Crippen molar-refractivity contribution in [2.45, 2.75) is 31.7 Å². The molecular formula is C19H29N3O3. The highest BCUT2D eigenvalue weighted by atomic mass is 16.5. The number of hydrogen-bond donors (Lipinski definition) is 3. The summed E-state index contributed by atoms with van der Waals surface area (Å²) in [5.41, 5.74) is 7.74. The predicted molar refractivity (Wildman–Crippen MR) is 98.1 cm³/mol. The summed E-state index contributed by atoms with van der Waals surface area (Å²) in [6.45, 7) is 3.96. The highest BCUT2D eigenvalue weighted by molar-refractivity contribution is 5.68. The maximum Gasteiger partial charge on any atom is 0.341 e. The van der Waals surface area contributed by atoms with Crippen molar-refractivity contribution in [1.82, 2.24) is 5.32 Å². The molecule has 4 N–H and O–H groups in total. The lowest BCUT2D eigenvalue weighted by molar-refractivity contribution is -0.139. The number of benzene rings is 1. The van der Waals surface area contributed by atoms with Crippen LogP contribution in [0.4, 0.5) is 5.69 Å². The van der Waals surface area contributed by atoms with E-state index in [-0.39, 0.29) is 6.61 Å². The Balaban J connectivity index is 1.49. The van der Waals surface area contributed by atoms with E-state index in [2.05, 4.69) is 10.2 Å². The Morgan fingerprint density at radius 1 is 1.16 bits per heavy atom. The van der Waals surface area contributed by atoms with Crippen molar-refractivity contribution in [3.8, 4) is 5.75 Å². The van der Waals surface area contributed by atoms with Gasteiger partial charge in [0.1, 0.15) is 5.75 Å². The van der Waals surface area contributed by atoms with Crippen LogP contribution in [0.1, 0.15) is 25.7 Å². The molecule has 1 unspecified atom stereocenters. The molecule has 0 bridgehead atoms. The summed E-state index contributed by atoms with van der Waals surface area (Å²) < 4.78 is 5.19. The van der Waals surface area contributed by atoms with E-state index in [1.165, 1.54) is 12.8 Å². The molecule has 0 radical (unpaired) electrons. The third kappa shape index (κ3) is 4.86. The van der Waals surface area contributed by atoms with Gasteiger partial charge in [-0.15, -0.1) is 0 Å². The van der Waals surface area contributed by atoms with Crippen molar-refractivity contribution in [2.24, 2.45) is 17.6 Å². The molecule has 6 heteroatoms. The van der Waals surface area contributed by atoms with Crippen LogP contribution >= 0.6 is 0 Å². The second kappa shape index (κ2) is 8.54. The van der Waals surface area contributed by atoms with Gasteiger partial charge in [-0.25, -0.2) is 4.79 Å². The lowest BCUT2D eigenvalue weighted by Crippen LogP contribution is -2.47. The summed E-state index contributed by atoms with van der Waals surface area (Å²) in [7, 11) is 0. The number of hydrogen-bond acceptors (Lipinski definition) is 5. The molecule has 3 rings (SSSR count). The zero-order valence-corrected chi connectivity index (χ0v) is 14.7. The minimum Gasteiger partial charge on any atom is -0.482 e. The Labute approximate surface area is 149 Å². The molecule has 2 saturated heterocycles. The van der Waals surface area contributed by atoms with E-state index in [9.17, 15) is 4.79 Å². The molecule has 0 saturated carbocycles. The van der Waals surface area contributed by atoms with Crippen molar-refractivity contribution in [3.63, 3.8) is 0 Å². The van der Waals surface area contributed by atoms with Gasteiger partial charge in [-0.3, -0.25) is 0 Å². The van der Waals surface area contributed by atoms with Gasteiger partial charge in [0.05, 0.1) is 0 Å². The number of rotatable bonds is 6. The Morgan fingerprint density at radius 2 is 1.76 bits per heavy atom. The number of ether oxygens (including phenoxy) is 1. The average molecular weight is 347 g/mol. The van der Waals surface area contributed by atoms with Crippen LogP contribution < -0.4 is 20.7 Å². The second-order valence-electron chi connectivity index (χ2n) is 7.17. The highest BCUT2D eigenvalue weighted by Gasteiger charge is 2.30. The van der Waals surface area contributed by atoms with Gasteiger partial charge in [-0.2, -0.15) is 0 Å². The zero-order valence-electron chi connectivity index (χ0n) is 14.7. The number of piperidine rings is 2. The first-order valence-corrected chi connectivity index (χ1v) is 9.29. The second-order valence-corrected chi connectivity index (χ2v) is 7.17. The molecule has 0 spiro atoms. The summed E-state index contributed by atoms with van der Waals surface area (Å²) in [5.74, 6) is 0.922. The van der Waals surface area contributed by atoms with Gasteiger partial charge in [-0.05, 0) is 74.9 Å². The van der Waals surface area contributed by atoms with Crippen LogP contribution in [0.25, 0.3) is 0 Å². The molecule has 25 heavy (non-hydrogen) atoms. The summed E-state index contributed by atoms with van der Waals surface area (Å²) >= 11 is 0. The van der Waals surface area contributed by atoms with Crippen molar-refractivity contribution in [3.05, 3.63) is 24.3 Å². The van der Waals surface area contributed by atoms with E-state index in [1.54, 1.807) is 0 Å². The lowest BCUT2D eigenvalue weighted by Gasteiger charge is -2.39. The number of carboxylic acids is 1. The molecule has 138 valence electrons. The molecule has 6 nitrogen and oxygen atoms in total. The molecule has 1 aromatic carbocycles. The molecule has 0 amide bonds. The number of aliphatic carboxylic acids is 1. The van der Waals surface area contributed by atoms with Crippen LogP contribution in [0, 0.1) is 11.8 Å². The quantitative estimate of drug-likeness (QED) is 0.726. The molecule has 2 aliphatic rings. The summed E-state index contributed by atoms with van der Waals surface area (Å²) in [5, 5.41) is 12.1. The maximum atomic E-state index is 10.5. The fraction of sp³-hybridized carbons (Fsp3) is 0.632. The van der Waals surface area contributed by atoms with Crippen molar-refractivity contribution in [1.29, 1.82) is 0 Å². The van der Waals surface area contributed by atoms with Gasteiger partial charge in [0.2, 0.25) is 0 Å². The Kier molecular flexibility index (Phi) is 6.15. The number of nitrogens with two attached hydrogens (primary N) is 1. The van der Waals surface area contributed by atoms with E-state index in [0.717, 1.165) is 44.7 Å². The first-order chi connectivity index (χ1) is 12.1. The molecular weight excluding hydrogens is 318 g/mol. The van der Waals surface area contributed by atoms with Crippen LogP contribution in [-0.4, -0.2) is 49.9 Å². The monoisotopic (exact) mass is 347 g/mol. The normalized spacial score (nSPS) is 21.1. The minimum atomic E-state index is -0.962. The molecule has 0 aliphatic carbocycles. The predicted octanol–water partition coefficient (Wildman–Crippen LogP) is 1.69. The van der Waals surface area contributed by atoms with E-state index < -0.39 is 5.97 Å². The molecule has 2 fully saturated rings. The van der Waals surface area contributed by atoms with E-state index in [4.69, 9.17) is 15.6 Å². The zero-order chi connectivity index (χ0) is 17.6. The van der Waals surface area contributed by atoms with Crippen LogP contribution in [0.15, 0.2) is 24.3 Å². The number of nitrogens with one attached hydrogen (secondary N) is 1. The van der Waals surface area contributed by atoms with Crippen molar-refractivity contribution >= 4 is 11.7 Å². The molecule has 2 heterocycles. The first-order valence-electron chi connectivity index (χ1n) is 9.29. The number of nitrogens with zero attached hydrogens (tertiary/aromatic N) is 1. The fourth-order valence-corrected chi connectivity index (χ4v) is 4.05. The average Bonchev–Trinajstić information content (AvgIpc) is 2.67. The Morgan fingerprint density at radius 3 is 2.36 bits per heavy atom. The third-order valence-electron chi connectivity index (χ3n) is 5.58. The Hall–Kier alpha value is -1.79. The van der Waals surface area contributed by atoms with Crippen molar-refractivity contribution in [2.75, 3.05) is 37.7 Å². The van der Waals surface area contributed by atoms with Gasteiger partial charge < -0.3 is 25.8 Å². The van der Waals surface area contributed by atoms with Gasteiger partial charge in [0.25, 0.3) is 0 Å². The van der Waals surface area contributed by atoms with Crippen LogP contribution in [0.5, 0.6) is 5.75 Å². The van der Waals surface area contributed by atoms with Gasteiger partial charge >= 0.3 is 5.97 Å². The standard InChI is InChI=1S/C19H29N3O3/c20-19(14-5-9-21-10-6-14)15-7-11-22(12-8-15)16-1-3-17(4-2-16)25-13-18(23)24/h1-4,14-15,19,21H,5-13,20H2,(H,23,24).